The Bertz CT molecular complexity index is 1230. The molecule has 2 aliphatic rings. The van der Waals surface area contributed by atoms with Crippen molar-refractivity contribution in [3.8, 4) is 5.69 Å². The Kier molecular flexibility index (Phi) is 4.02. The van der Waals surface area contributed by atoms with Gasteiger partial charge in [0.15, 0.2) is 5.76 Å². The summed E-state index contributed by atoms with van der Waals surface area (Å²) in [5.74, 6) is 1.07. The highest BCUT2D eigenvalue weighted by molar-refractivity contribution is 5.91. The van der Waals surface area contributed by atoms with Crippen LogP contribution in [0.2, 0.25) is 0 Å². The van der Waals surface area contributed by atoms with Gasteiger partial charge in [-0.1, -0.05) is 12.1 Å². The zero-order valence-electron chi connectivity index (χ0n) is 17.1. The molecule has 1 N–H and O–H groups in total. The van der Waals surface area contributed by atoms with E-state index < -0.39 is 0 Å². The van der Waals surface area contributed by atoms with Gasteiger partial charge >= 0.3 is 0 Å². The molecule has 1 aromatic carbocycles. The Morgan fingerprint density at radius 3 is 2.74 bits per heavy atom. The van der Waals surface area contributed by atoms with Crippen molar-refractivity contribution in [3.63, 3.8) is 0 Å². The third-order valence-electron chi connectivity index (χ3n) is 6.43. The van der Waals surface area contributed by atoms with Crippen LogP contribution in [-0.4, -0.2) is 38.2 Å². The van der Waals surface area contributed by atoms with Crippen molar-refractivity contribution in [2.75, 3.05) is 18.4 Å². The highest BCUT2D eigenvalue weighted by atomic mass is 16.4. The number of furan rings is 1. The van der Waals surface area contributed by atoms with Gasteiger partial charge in [-0.15, -0.1) is 0 Å². The van der Waals surface area contributed by atoms with Crippen molar-refractivity contribution in [3.05, 3.63) is 90.4 Å². The molecule has 3 aromatic heterocycles. The Morgan fingerprint density at radius 1 is 1.03 bits per heavy atom. The monoisotopic (exact) mass is 413 g/mol. The van der Waals surface area contributed by atoms with Crippen LogP contribution in [0.15, 0.2) is 77.6 Å². The third-order valence-corrected chi connectivity index (χ3v) is 6.43. The number of anilines is 1. The number of fused-ring (bicyclic) bond motifs is 4. The minimum atomic E-state index is -0.164. The van der Waals surface area contributed by atoms with E-state index in [1.54, 1.807) is 16.9 Å². The molecule has 0 radical (unpaired) electrons. The third kappa shape index (κ3) is 2.96. The number of hydrogen-bond acceptors (Lipinski definition) is 4. The van der Waals surface area contributed by atoms with Crippen molar-refractivity contribution in [1.82, 2.24) is 19.2 Å². The fourth-order valence-electron chi connectivity index (χ4n) is 4.85. The number of hydrogen-bond donors (Lipinski definition) is 1. The maximum Gasteiger partial charge on any atom is 0.289 e. The number of carbonyl (C=O) groups is 1. The molecular weight excluding hydrogens is 390 g/mol. The fraction of sp³-hybridized carbons (Fsp3) is 0.250. The van der Waals surface area contributed by atoms with E-state index in [1.807, 2.05) is 23.2 Å². The van der Waals surface area contributed by atoms with Crippen LogP contribution in [0.1, 0.15) is 34.9 Å². The lowest BCUT2D eigenvalue weighted by atomic mass is 9.82. The van der Waals surface area contributed by atoms with Crippen LogP contribution >= 0.6 is 0 Å². The molecule has 7 nitrogen and oxygen atoms in total. The van der Waals surface area contributed by atoms with Gasteiger partial charge in [0.1, 0.15) is 5.76 Å². The lowest BCUT2D eigenvalue weighted by molar-refractivity contribution is 0.0642. The molecule has 156 valence electrons. The van der Waals surface area contributed by atoms with Gasteiger partial charge in [0, 0.05) is 37.4 Å². The van der Waals surface area contributed by atoms with Crippen LogP contribution in [0.5, 0.6) is 0 Å². The quantitative estimate of drug-likeness (QED) is 0.554. The van der Waals surface area contributed by atoms with Gasteiger partial charge < -0.3 is 19.2 Å². The molecule has 1 fully saturated rings. The number of benzene rings is 1. The van der Waals surface area contributed by atoms with Crippen LogP contribution in [-0.2, 0) is 12.1 Å². The number of nitrogens with zero attached hydrogens (tertiary/aromatic N) is 4. The zero-order chi connectivity index (χ0) is 20.8. The summed E-state index contributed by atoms with van der Waals surface area (Å²) >= 11 is 0. The Hall–Kier alpha value is -3.74. The molecule has 1 saturated heterocycles. The van der Waals surface area contributed by atoms with E-state index in [2.05, 4.69) is 57.6 Å². The summed E-state index contributed by atoms with van der Waals surface area (Å²) < 4.78 is 9.88. The van der Waals surface area contributed by atoms with Crippen molar-refractivity contribution in [2.24, 2.45) is 0 Å². The van der Waals surface area contributed by atoms with Gasteiger partial charge in [-0.3, -0.25) is 9.48 Å². The van der Waals surface area contributed by atoms with Gasteiger partial charge in [-0.25, -0.2) is 0 Å². The summed E-state index contributed by atoms with van der Waals surface area (Å²) in [5, 5.41) is 7.98. The summed E-state index contributed by atoms with van der Waals surface area (Å²) in [4.78, 5) is 15.0. The van der Waals surface area contributed by atoms with Crippen LogP contribution < -0.4 is 5.32 Å². The SMILES string of the molecule is O=C(c1ccc(Cn2cccn2)o1)N1CCC2(CC1)Nc1ccccc1-n1cccc12. The number of aromatic nitrogens is 3. The summed E-state index contributed by atoms with van der Waals surface area (Å²) in [6.45, 7) is 1.87. The van der Waals surface area contributed by atoms with Gasteiger partial charge in [0.25, 0.3) is 5.91 Å². The van der Waals surface area contributed by atoms with Crippen LogP contribution in [0.4, 0.5) is 5.69 Å². The normalized spacial score (nSPS) is 16.6. The Labute approximate surface area is 179 Å². The second kappa shape index (κ2) is 6.91. The van der Waals surface area contributed by atoms with Crippen molar-refractivity contribution in [1.29, 1.82) is 0 Å². The second-order valence-corrected chi connectivity index (χ2v) is 8.25. The van der Waals surface area contributed by atoms with E-state index in [0.29, 0.717) is 25.4 Å². The Morgan fingerprint density at radius 2 is 1.90 bits per heavy atom. The molecule has 0 unspecified atom stereocenters. The molecule has 7 heteroatoms. The molecule has 0 bridgehead atoms. The van der Waals surface area contributed by atoms with Crippen molar-refractivity contribution >= 4 is 11.6 Å². The maximum atomic E-state index is 13.1. The van der Waals surface area contributed by atoms with Crippen molar-refractivity contribution < 1.29 is 9.21 Å². The summed E-state index contributed by atoms with van der Waals surface area (Å²) in [6.07, 6.45) is 7.42. The molecule has 5 heterocycles. The lowest BCUT2D eigenvalue weighted by Crippen LogP contribution is -2.51. The minimum absolute atomic E-state index is 0.0480. The smallest absolute Gasteiger partial charge is 0.289 e. The average Bonchev–Trinajstić information content (AvgIpc) is 3.57. The molecule has 0 atom stereocenters. The standard InChI is InChI=1S/C24H23N5O2/c30-23(21-9-8-18(31-21)17-28-13-4-12-25-28)27-15-10-24(11-16-27)22-7-3-14-29(22)20-6-2-1-5-19(20)26-24/h1-9,12-14,26H,10-11,15-17H2. The number of likely N-dealkylation sites (tertiary alicyclic amines) is 1. The van der Waals surface area contributed by atoms with Gasteiger partial charge in [-0.2, -0.15) is 5.10 Å². The molecular formula is C24H23N5O2. The summed E-state index contributed by atoms with van der Waals surface area (Å²) in [7, 11) is 0. The highest BCUT2D eigenvalue weighted by Gasteiger charge is 2.42. The molecule has 0 saturated carbocycles. The number of carbonyl (C=O) groups excluding carboxylic acids is 1. The van der Waals surface area contributed by atoms with E-state index in [-0.39, 0.29) is 11.4 Å². The Balaban J connectivity index is 1.19. The number of rotatable bonds is 3. The predicted octanol–water partition coefficient (Wildman–Crippen LogP) is 3.87. The molecule has 6 rings (SSSR count). The van der Waals surface area contributed by atoms with Crippen molar-refractivity contribution in [2.45, 2.75) is 24.9 Å². The molecule has 31 heavy (non-hydrogen) atoms. The maximum absolute atomic E-state index is 13.1. The van der Waals surface area contributed by atoms with Gasteiger partial charge in [0.2, 0.25) is 0 Å². The summed E-state index contributed by atoms with van der Waals surface area (Å²) in [5.41, 5.74) is 3.41. The highest BCUT2D eigenvalue weighted by Crippen LogP contribution is 2.43. The second-order valence-electron chi connectivity index (χ2n) is 8.25. The zero-order valence-corrected chi connectivity index (χ0v) is 17.1. The first-order chi connectivity index (χ1) is 15.2. The van der Waals surface area contributed by atoms with Gasteiger partial charge in [0.05, 0.1) is 23.5 Å². The first kappa shape index (κ1) is 18.1. The fourth-order valence-corrected chi connectivity index (χ4v) is 4.85. The molecule has 4 aromatic rings. The number of piperidine rings is 1. The molecule has 1 spiro atoms. The van der Waals surface area contributed by atoms with Crippen LogP contribution in [0, 0.1) is 0 Å². The van der Waals surface area contributed by atoms with Crippen LogP contribution in [0.25, 0.3) is 5.69 Å². The lowest BCUT2D eigenvalue weighted by Gasteiger charge is -2.46. The number of amides is 1. The molecule has 2 aliphatic heterocycles. The first-order valence-electron chi connectivity index (χ1n) is 10.6. The summed E-state index contributed by atoms with van der Waals surface area (Å²) in [6, 6.07) is 18.2. The first-order valence-corrected chi connectivity index (χ1v) is 10.6. The molecule has 0 aliphatic carbocycles. The van der Waals surface area contributed by atoms with E-state index in [4.69, 9.17) is 4.42 Å². The largest absolute Gasteiger partial charge is 0.454 e. The number of para-hydroxylation sites is 2. The van der Waals surface area contributed by atoms with E-state index in [9.17, 15) is 4.79 Å². The van der Waals surface area contributed by atoms with E-state index in [1.165, 1.54) is 11.4 Å². The van der Waals surface area contributed by atoms with Crippen LogP contribution in [0.3, 0.4) is 0 Å². The minimum Gasteiger partial charge on any atom is -0.454 e. The van der Waals surface area contributed by atoms with Gasteiger partial charge in [-0.05, 0) is 55.3 Å². The van der Waals surface area contributed by atoms with E-state index in [0.717, 1.165) is 24.3 Å². The average molecular weight is 413 g/mol. The molecule has 1 amide bonds. The number of nitrogens with one attached hydrogen (secondary N) is 1. The van der Waals surface area contributed by atoms with E-state index >= 15 is 0 Å². The topological polar surface area (TPSA) is 68.2 Å². The predicted molar refractivity (Wildman–Crippen MR) is 116 cm³/mol.